The van der Waals surface area contributed by atoms with Gasteiger partial charge >= 0.3 is 5.97 Å². The number of carboxylic acid groups (broad SMARTS) is 1. The van der Waals surface area contributed by atoms with E-state index < -0.39 is 5.97 Å². The topological polar surface area (TPSA) is 37.3 Å². The molecule has 0 fully saturated rings. The fraction of sp³-hybridized carbons (Fsp3) is 0.357. The summed E-state index contributed by atoms with van der Waals surface area (Å²) in [7, 11) is 0. The van der Waals surface area contributed by atoms with Crippen molar-refractivity contribution in [3.63, 3.8) is 0 Å². The summed E-state index contributed by atoms with van der Waals surface area (Å²) >= 11 is 0. The summed E-state index contributed by atoms with van der Waals surface area (Å²) < 4.78 is 13.1. The maximum absolute atomic E-state index is 13.1. The van der Waals surface area contributed by atoms with Gasteiger partial charge in [0.15, 0.2) is 0 Å². The maximum Gasteiger partial charge on any atom is 0.331 e. The Morgan fingerprint density at radius 2 is 2.06 bits per heavy atom. The van der Waals surface area contributed by atoms with Crippen molar-refractivity contribution >= 4 is 11.5 Å². The zero-order valence-electron chi connectivity index (χ0n) is 9.96. The lowest BCUT2D eigenvalue weighted by Gasteiger charge is -2.24. The summed E-state index contributed by atoms with van der Waals surface area (Å²) in [6.45, 7) is 3.94. The van der Waals surface area contributed by atoms with E-state index in [9.17, 15) is 14.3 Å². The molecule has 1 aromatic rings. The first-order valence-electron chi connectivity index (χ1n) is 5.76. The van der Waals surface area contributed by atoms with Crippen molar-refractivity contribution in [3.05, 3.63) is 40.7 Å². The quantitative estimate of drug-likeness (QED) is 0.852. The standard InChI is InChI=1S/C14H15FO2/c1-8(2)13-11-6-4-10(15)7-9(11)3-5-12(13)14(16)17/h4,6-8H,3,5H2,1-2H3,(H,16,17). The predicted molar refractivity (Wildman–Crippen MR) is 64.1 cm³/mol. The van der Waals surface area contributed by atoms with Gasteiger partial charge in [0.25, 0.3) is 0 Å². The Kier molecular flexibility index (Phi) is 3.01. The summed E-state index contributed by atoms with van der Waals surface area (Å²) in [5, 5.41) is 9.21. The first-order chi connectivity index (χ1) is 8.00. The second-order valence-electron chi connectivity index (χ2n) is 4.65. The van der Waals surface area contributed by atoms with E-state index in [-0.39, 0.29) is 11.7 Å². The van der Waals surface area contributed by atoms with Crippen LogP contribution in [0.15, 0.2) is 23.8 Å². The highest BCUT2D eigenvalue weighted by molar-refractivity contribution is 5.98. The number of carboxylic acids is 1. The molecule has 1 aliphatic carbocycles. The summed E-state index contributed by atoms with van der Waals surface area (Å²) in [5.74, 6) is -0.986. The van der Waals surface area contributed by atoms with Gasteiger partial charge in [-0.1, -0.05) is 19.9 Å². The molecular weight excluding hydrogens is 219 g/mol. The smallest absolute Gasteiger partial charge is 0.331 e. The number of halogens is 1. The summed E-state index contributed by atoms with van der Waals surface area (Å²) in [6.07, 6.45) is 1.09. The van der Waals surface area contributed by atoms with Crippen LogP contribution in [0.3, 0.4) is 0 Å². The van der Waals surface area contributed by atoms with Crippen LogP contribution in [0.2, 0.25) is 0 Å². The fourth-order valence-corrected chi connectivity index (χ4v) is 2.47. The average molecular weight is 234 g/mol. The molecule has 0 saturated heterocycles. The molecule has 17 heavy (non-hydrogen) atoms. The maximum atomic E-state index is 13.1. The Bertz CT molecular complexity index is 501. The van der Waals surface area contributed by atoms with E-state index in [1.165, 1.54) is 12.1 Å². The van der Waals surface area contributed by atoms with E-state index in [2.05, 4.69) is 0 Å². The Hall–Kier alpha value is -1.64. The van der Waals surface area contributed by atoms with Crippen molar-refractivity contribution in [2.24, 2.45) is 5.92 Å². The molecule has 0 unspecified atom stereocenters. The number of aliphatic carboxylic acids is 1. The molecule has 2 rings (SSSR count). The third-order valence-electron chi connectivity index (χ3n) is 3.16. The van der Waals surface area contributed by atoms with Crippen molar-refractivity contribution in [3.8, 4) is 0 Å². The molecule has 0 atom stereocenters. The Balaban J connectivity index is 2.63. The lowest BCUT2D eigenvalue weighted by atomic mass is 9.80. The van der Waals surface area contributed by atoms with Crippen molar-refractivity contribution in [2.75, 3.05) is 0 Å². The summed E-state index contributed by atoms with van der Waals surface area (Å²) in [6, 6.07) is 4.60. The normalized spacial score (nSPS) is 15.1. The second-order valence-corrected chi connectivity index (χ2v) is 4.65. The van der Waals surface area contributed by atoms with Crippen LogP contribution in [0, 0.1) is 11.7 Å². The lowest BCUT2D eigenvalue weighted by molar-refractivity contribution is -0.132. The summed E-state index contributed by atoms with van der Waals surface area (Å²) in [5.41, 5.74) is 3.13. The number of hydrogen-bond donors (Lipinski definition) is 1. The van der Waals surface area contributed by atoms with Crippen LogP contribution in [0.5, 0.6) is 0 Å². The van der Waals surface area contributed by atoms with E-state index in [0.29, 0.717) is 18.4 Å². The highest BCUT2D eigenvalue weighted by Gasteiger charge is 2.25. The van der Waals surface area contributed by atoms with Crippen LogP contribution >= 0.6 is 0 Å². The molecule has 0 saturated carbocycles. The van der Waals surface area contributed by atoms with Crippen molar-refractivity contribution < 1.29 is 14.3 Å². The van der Waals surface area contributed by atoms with E-state index >= 15 is 0 Å². The minimum Gasteiger partial charge on any atom is -0.478 e. The first-order valence-corrected chi connectivity index (χ1v) is 5.76. The van der Waals surface area contributed by atoms with Crippen LogP contribution in [0.4, 0.5) is 4.39 Å². The van der Waals surface area contributed by atoms with Gasteiger partial charge in [-0.15, -0.1) is 0 Å². The number of rotatable bonds is 2. The van der Waals surface area contributed by atoms with Gasteiger partial charge in [0.1, 0.15) is 5.82 Å². The molecule has 0 heterocycles. The largest absolute Gasteiger partial charge is 0.478 e. The Labute approximate surface area is 99.8 Å². The predicted octanol–water partition coefficient (Wildman–Crippen LogP) is 3.27. The number of allylic oxidation sites excluding steroid dienone is 1. The number of carbonyl (C=O) groups is 1. The molecule has 0 amide bonds. The number of benzene rings is 1. The SMILES string of the molecule is CC(C)C1=C(C(=O)O)CCc2cc(F)ccc21. The van der Waals surface area contributed by atoms with Gasteiger partial charge in [-0.05, 0) is 47.6 Å². The first kappa shape index (κ1) is 11.8. The van der Waals surface area contributed by atoms with E-state index in [0.717, 1.165) is 16.7 Å². The van der Waals surface area contributed by atoms with Crippen molar-refractivity contribution in [2.45, 2.75) is 26.7 Å². The van der Waals surface area contributed by atoms with Gasteiger partial charge in [-0.3, -0.25) is 0 Å². The van der Waals surface area contributed by atoms with Crippen molar-refractivity contribution in [1.82, 2.24) is 0 Å². The number of fused-ring (bicyclic) bond motifs is 1. The molecule has 1 N–H and O–H groups in total. The molecule has 0 bridgehead atoms. The molecule has 0 aliphatic heterocycles. The van der Waals surface area contributed by atoms with Crippen LogP contribution in [0.25, 0.3) is 5.57 Å². The van der Waals surface area contributed by atoms with E-state index in [1.807, 2.05) is 13.8 Å². The van der Waals surface area contributed by atoms with Crippen LogP contribution in [-0.4, -0.2) is 11.1 Å². The molecule has 1 aromatic carbocycles. The third kappa shape index (κ3) is 2.09. The number of hydrogen-bond acceptors (Lipinski definition) is 1. The molecule has 0 spiro atoms. The minimum atomic E-state index is -0.858. The number of aryl methyl sites for hydroxylation is 1. The zero-order chi connectivity index (χ0) is 12.6. The molecule has 1 aliphatic rings. The van der Waals surface area contributed by atoms with Crippen molar-refractivity contribution in [1.29, 1.82) is 0 Å². The van der Waals surface area contributed by atoms with Crippen LogP contribution < -0.4 is 0 Å². The third-order valence-corrected chi connectivity index (χ3v) is 3.16. The van der Waals surface area contributed by atoms with E-state index in [1.54, 1.807) is 6.07 Å². The Morgan fingerprint density at radius 3 is 2.65 bits per heavy atom. The lowest BCUT2D eigenvalue weighted by Crippen LogP contribution is -2.15. The van der Waals surface area contributed by atoms with Gasteiger partial charge < -0.3 is 5.11 Å². The minimum absolute atomic E-state index is 0.130. The molecule has 3 heteroatoms. The van der Waals surface area contributed by atoms with Crippen LogP contribution in [0.1, 0.15) is 31.4 Å². The monoisotopic (exact) mass is 234 g/mol. The molecule has 0 aromatic heterocycles. The average Bonchev–Trinajstić information content (AvgIpc) is 2.26. The van der Waals surface area contributed by atoms with Gasteiger partial charge in [0, 0.05) is 5.57 Å². The van der Waals surface area contributed by atoms with Gasteiger partial charge in [-0.2, -0.15) is 0 Å². The molecular formula is C14H15FO2. The zero-order valence-corrected chi connectivity index (χ0v) is 9.96. The highest BCUT2D eigenvalue weighted by Crippen LogP contribution is 2.36. The fourth-order valence-electron chi connectivity index (χ4n) is 2.47. The van der Waals surface area contributed by atoms with Gasteiger partial charge in [-0.25, -0.2) is 9.18 Å². The highest BCUT2D eigenvalue weighted by atomic mass is 19.1. The molecule has 0 radical (unpaired) electrons. The van der Waals surface area contributed by atoms with Gasteiger partial charge in [0.05, 0.1) is 0 Å². The van der Waals surface area contributed by atoms with Gasteiger partial charge in [0.2, 0.25) is 0 Å². The second kappa shape index (κ2) is 4.32. The van der Waals surface area contributed by atoms with E-state index in [4.69, 9.17) is 0 Å². The summed E-state index contributed by atoms with van der Waals surface area (Å²) in [4.78, 5) is 11.2. The Morgan fingerprint density at radius 1 is 1.35 bits per heavy atom. The van der Waals surface area contributed by atoms with Crippen LogP contribution in [-0.2, 0) is 11.2 Å². The molecule has 90 valence electrons. The molecule has 2 nitrogen and oxygen atoms in total.